The Morgan fingerprint density at radius 3 is 2.39 bits per heavy atom. The van der Waals surface area contributed by atoms with Gasteiger partial charge < -0.3 is 10.6 Å². The van der Waals surface area contributed by atoms with Gasteiger partial charge in [0, 0.05) is 24.7 Å². The molecule has 3 aromatic rings. The summed E-state index contributed by atoms with van der Waals surface area (Å²) in [5.41, 5.74) is 3.49. The number of carbonyl (C=O) groups is 1. The first-order chi connectivity index (χ1) is 13.2. The lowest BCUT2D eigenvalue weighted by molar-refractivity contribution is -0.119. The fourth-order valence-corrected chi connectivity index (χ4v) is 3.70. The number of amides is 1. The molecule has 28 heavy (non-hydrogen) atoms. The van der Waals surface area contributed by atoms with Crippen molar-refractivity contribution >= 4 is 24.0 Å². The van der Waals surface area contributed by atoms with E-state index >= 15 is 0 Å². The van der Waals surface area contributed by atoms with Gasteiger partial charge in [0.2, 0.25) is 5.91 Å². The number of hydrogen-bond donors (Lipinski definition) is 2. The zero-order valence-electron chi connectivity index (χ0n) is 15.3. The highest BCUT2D eigenvalue weighted by molar-refractivity contribution is 5.94. The van der Waals surface area contributed by atoms with Gasteiger partial charge in [-0.2, -0.15) is 0 Å². The maximum Gasteiger partial charge on any atom is 0.229 e. The summed E-state index contributed by atoms with van der Waals surface area (Å²) < 4.78 is 14.2. The summed E-state index contributed by atoms with van der Waals surface area (Å²) in [6.45, 7) is 1.15. The minimum absolute atomic E-state index is 0. The van der Waals surface area contributed by atoms with Crippen molar-refractivity contribution in [2.45, 2.75) is 5.92 Å². The predicted octanol–water partition coefficient (Wildman–Crippen LogP) is 4.86. The predicted molar refractivity (Wildman–Crippen MR) is 113 cm³/mol. The van der Waals surface area contributed by atoms with Crippen LogP contribution in [0.25, 0.3) is 11.1 Å². The summed E-state index contributed by atoms with van der Waals surface area (Å²) in [7, 11) is 0. The molecule has 3 aromatic carbocycles. The molecule has 1 aliphatic heterocycles. The van der Waals surface area contributed by atoms with Gasteiger partial charge in [0.1, 0.15) is 5.82 Å². The van der Waals surface area contributed by atoms with E-state index in [2.05, 4.69) is 10.6 Å². The average Bonchev–Trinajstić information content (AvgIpc) is 3.19. The molecule has 1 amide bonds. The second-order valence-corrected chi connectivity index (χ2v) is 6.83. The monoisotopic (exact) mass is 396 g/mol. The van der Waals surface area contributed by atoms with Crippen LogP contribution in [0.2, 0.25) is 0 Å². The molecule has 0 radical (unpaired) electrons. The second-order valence-electron chi connectivity index (χ2n) is 6.83. The van der Waals surface area contributed by atoms with E-state index in [1.54, 1.807) is 12.1 Å². The van der Waals surface area contributed by atoms with Crippen molar-refractivity contribution in [1.82, 2.24) is 5.32 Å². The van der Waals surface area contributed by atoms with Crippen LogP contribution < -0.4 is 10.6 Å². The molecule has 2 N–H and O–H groups in total. The molecule has 0 aromatic heterocycles. The highest BCUT2D eigenvalue weighted by atomic mass is 35.5. The highest BCUT2D eigenvalue weighted by Crippen LogP contribution is 2.31. The SMILES string of the molecule is Cl.O=C(Nc1cccc(-c2ccccc2)c1)[C@@H]1CNC[C@H]1c1ccccc1F. The molecule has 0 saturated carbocycles. The normalized spacial score (nSPS) is 18.3. The quantitative estimate of drug-likeness (QED) is 0.661. The number of nitrogens with one attached hydrogen (secondary N) is 2. The Kier molecular flexibility index (Phi) is 6.45. The minimum atomic E-state index is -0.303. The number of benzene rings is 3. The molecule has 3 nitrogen and oxygen atoms in total. The van der Waals surface area contributed by atoms with Crippen molar-refractivity contribution < 1.29 is 9.18 Å². The van der Waals surface area contributed by atoms with E-state index in [9.17, 15) is 9.18 Å². The Labute approximate surface area is 170 Å². The van der Waals surface area contributed by atoms with E-state index in [0.717, 1.165) is 16.8 Å². The number of carbonyl (C=O) groups excluding carboxylic acids is 1. The Balaban J connectivity index is 0.00000225. The molecule has 1 heterocycles. The van der Waals surface area contributed by atoms with E-state index in [-0.39, 0.29) is 36.0 Å². The molecule has 0 unspecified atom stereocenters. The minimum Gasteiger partial charge on any atom is -0.326 e. The van der Waals surface area contributed by atoms with Crippen LogP contribution in [-0.2, 0) is 4.79 Å². The van der Waals surface area contributed by atoms with Crippen LogP contribution in [0.15, 0.2) is 78.9 Å². The lowest BCUT2D eigenvalue weighted by atomic mass is 9.88. The van der Waals surface area contributed by atoms with Gasteiger partial charge in [-0.1, -0.05) is 60.7 Å². The van der Waals surface area contributed by atoms with Crippen molar-refractivity contribution in [2.75, 3.05) is 18.4 Å². The van der Waals surface area contributed by atoms with Crippen molar-refractivity contribution in [2.24, 2.45) is 5.92 Å². The van der Waals surface area contributed by atoms with Gasteiger partial charge in [0.15, 0.2) is 0 Å². The third kappa shape index (κ3) is 4.24. The van der Waals surface area contributed by atoms with E-state index in [1.807, 2.05) is 60.7 Å². The number of rotatable bonds is 4. The Morgan fingerprint density at radius 1 is 0.893 bits per heavy atom. The summed E-state index contributed by atoms with van der Waals surface area (Å²) >= 11 is 0. The molecular formula is C23H22ClFN2O. The lowest BCUT2D eigenvalue weighted by Crippen LogP contribution is -2.28. The summed E-state index contributed by atoms with van der Waals surface area (Å²) in [6.07, 6.45) is 0. The van der Waals surface area contributed by atoms with Crippen LogP contribution in [0.1, 0.15) is 11.5 Å². The van der Waals surface area contributed by atoms with Gasteiger partial charge in [-0.25, -0.2) is 4.39 Å². The summed E-state index contributed by atoms with van der Waals surface area (Å²) in [5, 5.41) is 6.24. The van der Waals surface area contributed by atoms with E-state index < -0.39 is 0 Å². The molecule has 0 bridgehead atoms. The van der Waals surface area contributed by atoms with Crippen LogP contribution in [0.5, 0.6) is 0 Å². The van der Waals surface area contributed by atoms with E-state index in [0.29, 0.717) is 18.7 Å². The smallest absolute Gasteiger partial charge is 0.229 e. The van der Waals surface area contributed by atoms with Crippen LogP contribution in [0.3, 0.4) is 0 Å². The number of hydrogen-bond acceptors (Lipinski definition) is 2. The van der Waals surface area contributed by atoms with Crippen LogP contribution in [0.4, 0.5) is 10.1 Å². The standard InChI is InChI=1S/C23H21FN2O.ClH/c24-22-12-5-4-11-19(22)20-14-25-15-21(20)23(27)26-18-10-6-9-17(13-18)16-7-2-1-3-8-16;/h1-13,20-21,25H,14-15H2,(H,26,27);1H/t20-,21+;/m0./s1. The first-order valence-corrected chi connectivity index (χ1v) is 9.14. The maximum atomic E-state index is 14.2. The van der Waals surface area contributed by atoms with Crippen LogP contribution >= 0.6 is 12.4 Å². The second kappa shape index (κ2) is 9.00. The lowest BCUT2D eigenvalue weighted by Gasteiger charge is -2.19. The van der Waals surface area contributed by atoms with Gasteiger partial charge in [0.05, 0.1) is 5.92 Å². The molecule has 1 fully saturated rings. The molecular weight excluding hydrogens is 375 g/mol. The molecule has 1 saturated heterocycles. The Bertz CT molecular complexity index is 948. The van der Waals surface area contributed by atoms with Gasteiger partial charge >= 0.3 is 0 Å². The largest absolute Gasteiger partial charge is 0.326 e. The topological polar surface area (TPSA) is 41.1 Å². The van der Waals surface area contributed by atoms with Crippen LogP contribution in [0, 0.1) is 11.7 Å². The molecule has 4 rings (SSSR count). The van der Waals surface area contributed by atoms with Crippen molar-refractivity contribution in [3.8, 4) is 11.1 Å². The molecule has 2 atom stereocenters. The van der Waals surface area contributed by atoms with Crippen molar-refractivity contribution in [3.63, 3.8) is 0 Å². The zero-order valence-corrected chi connectivity index (χ0v) is 16.1. The van der Waals surface area contributed by atoms with Gasteiger partial charge in [-0.05, 0) is 34.9 Å². The van der Waals surface area contributed by atoms with Gasteiger partial charge in [-0.3, -0.25) is 4.79 Å². The summed E-state index contributed by atoms with van der Waals surface area (Å²) in [5.74, 6) is -0.806. The molecule has 0 aliphatic carbocycles. The van der Waals surface area contributed by atoms with Crippen LogP contribution in [-0.4, -0.2) is 19.0 Å². The Hall–Kier alpha value is -2.69. The maximum absolute atomic E-state index is 14.2. The number of anilines is 1. The molecule has 144 valence electrons. The Morgan fingerprint density at radius 2 is 1.61 bits per heavy atom. The highest BCUT2D eigenvalue weighted by Gasteiger charge is 2.35. The zero-order chi connectivity index (χ0) is 18.6. The van der Waals surface area contributed by atoms with Crippen molar-refractivity contribution in [1.29, 1.82) is 0 Å². The van der Waals surface area contributed by atoms with Gasteiger partial charge in [-0.15, -0.1) is 12.4 Å². The van der Waals surface area contributed by atoms with E-state index in [4.69, 9.17) is 0 Å². The number of halogens is 2. The van der Waals surface area contributed by atoms with Gasteiger partial charge in [0.25, 0.3) is 0 Å². The molecule has 0 spiro atoms. The average molecular weight is 397 g/mol. The fourth-order valence-electron chi connectivity index (χ4n) is 3.70. The first-order valence-electron chi connectivity index (χ1n) is 9.14. The van der Waals surface area contributed by atoms with Crippen molar-refractivity contribution in [3.05, 3.63) is 90.2 Å². The summed E-state index contributed by atoms with van der Waals surface area (Å²) in [4.78, 5) is 12.9. The third-order valence-electron chi connectivity index (χ3n) is 5.09. The third-order valence-corrected chi connectivity index (χ3v) is 5.09. The fraction of sp³-hybridized carbons (Fsp3) is 0.174. The first kappa shape index (κ1) is 20.1. The molecule has 5 heteroatoms. The molecule has 1 aliphatic rings. The van der Waals surface area contributed by atoms with E-state index in [1.165, 1.54) is 6.07 Å². The summed E-state index contributed by atoms with van der Waals surface area (Å²) in [6, 6.07) is 24.5.